The van der Waals surface area contributed by atoms with Crippen molar-refractivity contribution in [2.75, 3.05) is 13.2 Å². The first-order chi connectivity index (χ1) is 24.5. The minimum Gasteiger partial charge on any atom is -0.494 e. The SMILES string of the molecule is CCCCCCCCOc1ccc(C(=O)Oc2ccc(C=Nc3ccc(OC(=O)c4ccc(OCCCCCCCC)cc4)cc3)cc2)cc1. The van der Waals surface area contributed by atoms with Crippen LogP contribution in [-0.2, 0) is 0 Å². The van der Waals surface area contributed by atoms with Crippen LogP contribution >= 0.6 is 0 Å². The van der Waals surface area contributed by atoms with E-state index < -0.39 is 11.9 Å². The molecule has 0 unspecified atom stereocenters. The number of rotatable bonds is 22. The number of hydrogen-bond donors (Lipinski definition) is 0. The van der Waals surface area contributed by atoms with Crippen molar-refractivity contribution in [2.24, 2.45) is 4.99 Å². The average Bonchev–Trinajstić information content (AvgIpc) is 3.15. The molecule has 0 aliphatic rings. The van der Waals surface area contributed by atoms with Gasteiger partial charge in [-0.1, -0.05) is 78.1 Å². The second-order valence-corrected chi connectivity index (χ2v) is 12.4. The van der Waals surface area contributed by atoms with Gasteiger partial charge in [-0.25, -0.2) is 9.59 Å². The summed E-state index contributed by atoms with van der Waals surface area (Å²) in [4.78, 5) is 29.8. The molecule has 0 N–H and O–H groups in total. The van der Waals surface area contributed by atoms with Crippen LogP contribution in [0.2, 0.25) is 0 Å². The Bertz CT molecular complexity index is 1460. The quantitative estimate of drug-likeness (QED) is 0.0356. The van der Waals surface area contributed by atoms with Gasteiger partial charge < -0.3 is 18.9 Å². The Balaban J connectivity index is 1.16. The molecular formula is C43H51NO6. The van der Waals surface area contributed by atoms with Gasteiger partial charge in [-0.2, -0.15) is 0 Å². The van der Waals surface area contributed by atoms with Crippen LogP contribution < -0.4 is 18.9 Å². The molecule has 4 aromatic rings. The molecule has 0 radical (unpaired) electrons. The third-order valence-corrected chi connectivity index (χ3v) is 8.21. The van der Waals surface area contributed by atoms with E-state index >= 15 is 0 Å². The summed E-state index contributed by atoms with van der Waals surface area (Å²) in [6.07, 6.45) is 16.3. The molecule has 4 rings (SSSR count). The number of nitrogens with zero attached hydrogens (tertiary/aromatic N) is 1. The smallest absolute Gasteiger partial charge is 0.343 e. The largest absolute Gasteiger partial charge is 0.494 e. The van der Waals surface area contributed by atoms with Gasteiger partial charge in [-0.05, 0) is 115 Å². The fourth-order valence-electron chi connectivity index (χ4n) is 5.22. The molecule has 7 heteroatoms. The first kappa shape index (κ1) is 37.9. The monoisotopic (exact) mass is 677 g/mol. The second-order valence-electron chi connectivity index (χ2n) is 12.4. The number of esters is 2. The molecule has 0 heterocycles. The van der Waals surface area contributed by atoms with Crippen LogP contribution in [0.25, 0.3) is 0 Å². The van der Waals surface area contributed by atoms with Gasteiger partial charge >= 0.3 is 11.9 Å². The summed E-state index contributed by atoms with van der Waals surface area (Å²) in [5, 5.41) is 0. The Morgan fingerprint density at radius 1 is 0.480 bits per heavy atom. The number of carbonyl (C=O) groups excluding carboxylic acids is 2. The van der Waals surface area contributed by atoms with Gasteiger partial charge in [0.2, 0.25) is 0 Å². The van der Waals surface area contributed by atoms with Crippen molar-refractivity contribution < 1.29 is 28.5 Å². The van der Waals surface area contributed by atoms with Crippen molar-refractivity contribution in [1.82, 2.24) is 0 Å². The summed E-state index contributed by atoms with van der Waals surface area (Å²) >= 11 is 0. The van der Waals surface area contributed by atoms with E-state index in [0.29, 0.717) is 41.5 Å². The number of benzene rings is 4. The highest BCUT2D eigenvalue weighted by Crippen LogP contribution is 2.22. The highest BCUT2D eigenvalue weighted by Gasteiger charge is 2.10. The maximum atomic E-state index is 12.6. The van der Waals surface area contributed by atoms with Crippen molar-refractivity contribution in [3.8, 4) is 23.0 Å². The van der Waals surface area contributed by atoms with Crippen molar-refractivity contribution in [3.63, 3.8) is 0 Å². The average molecular weight is 678 g/mol. The van der Waals surface area contributed by atoms with Gasteiger partial charge in [0.05, 0.1) is 30.0 Å². The van der Waals surface area contributed by atoms with Crippen LogP contribution in [0.15, 0.2) is 102 Å². The van der Waals surface area contributed by atoms with Crippen LogP contribution in [0, 0.1) is 0 Å². The Labute approximate surface area is 297 Å². The minimum absolute atomic E-state index is 0.429. The predicted molar refractivity (Wildman–Crippen MR) is 201 cm³/mol. The van der Waals surface area contributed by atoms with Gasteiger partial charge in [-0.15, -0.1) is 0 Å². The molecule has 0 aliphatic carbocycles. The maximum Gasteiger partial charge on any atom is 0.343 e. The highest BCUT2D eigenvalue weighted by molar-refractivity contribution is 5.92. The van der Waals surface area contributed by atoms with E-state index in [0.717, 1.165) is 29.9 Å². The molecule has 0 spiro atoms. The Morgan fingerprint density at radius 3 is 1.30 bits per heavy atom. The molecule has 0 aliphatic heterocycles. The molecular weight excluding hydrogens is 626 g/mol. The molecule has 50 heavy (non-hydrogen) atoms. The number of aliphatic imine (C=N–C) groups is 1. The summed E-state index contributed by atoms with van der Waals surface area (Å²) in [6, 6.07) is 28.2. The molecule has 264 valence electrons. The van der Waals surface area contributed by atoms with Gasteiger partial charge in [0.25, 0.3) is 0 Å². The van der Waals surface area contributed by atoms with Crippen LogP contribution in [0.3, 0.4) is 0 Å². The zero-order valence-corrected chi connectivity index (χ0v) is 29.6. The van der Waals surface area contributed by atoms with Crippen LogP contribution in [0.1, 0.15) is 117 Å². The molecule has 7 nitrogen and oxygen atoms in total. The third kappa shape index (κ3) is 13.9. The summed E-state index contributed by atoms with van der Waals surface area (Å²) in [7, 11) is 0. The number of unbranched alkanes of at least 4 members (excludes halogenated alkanes) is 10. The molecule has 0 fully saturated rings. The standard InChI is InChI=1S/C43H51NO6/c1-3-5-7-9-11-13-31-47-38-25-17-35(18-26-38)42(45)49-40-23-15-34(16-24-40)33-44-37-21-29-41(30-22-37)50-43(46)36-19-27-39(28-20-36)48-32-14-12-10-8-6-4-2/h15-30,33H,3-14,31-32H2,1-2H3. The molecule has 4 aromatic carbocycles. The highest BCUT2D eigenvalue weighted by atomic mass is 16.5. The molecule has 0 amide bonds. The van der Waals surface area contributed by atoms with Gasteiger partial charge in [0.15, 0.2) is 0 Å². The molecule has 0 aromatic heterocycles. The van der Waals surface area contributed by atoms with Crippen molar-refractivity contribution in [1.29, 1.82) is 0 Å². The third-order valence-electron chi connectivity index (χ3n) is 8.21. The van der Waals surface area contributed by atoms with Gasteiger partial charge in [-0.3, -0.25) is 4.99 Å². The summed E-state index contributed by atoms with van der Waals surface area (Å²) in [6.45, 7) is 5.79. The fourth-order valence-corrected chi connectivity index (χ4v) is 5.22. The summed E-state index contributed by atoms with van der Waals surface area (Å²) in [5.41, 5.74) is 2.45. The number of hydrogen-bond acceptors (Lipinski definition) is 7. The lowest BCUT2D eigenvalue weighted by molar-refractivity contribution is 0.0725. The van der Waals surface area contributed by atoms with Gasteiger partial charge in [0.1, 0.15) is 23.0 Å². The molecule has 0 bridgehead atoms. The lowest BCUT2D eigenvalue weighted by atomic mass is 10.1. The van der Waals surface area contributed by atoms with E-state index in [9.17, 15) is 9.59 Å². The van der Waals surface area contributed by atoms with Gasteiger partial charge in [0, 0.05) is 6.21 Å². The first-order valence-corrected chi connectivity index (χ1v) is 18.2. The normalized spacial score (nSPS) is 11.0. The Hall–Kier alpha value is -4.91. The van der Waals surface area contributed by atoms with Crippen molar-refractivity contribution >= 4 is 23.8 Å². The van der Waals surface area contributed by atoms with E-state index in [1.165, 1.54) is 64.2 Å². The van der Waals surface area contributed by atoms with Crippen molar-refractivity contribution in [3.05, 3.63) is 114 Å². The van der Waals surface area contributed by atoms with E-state index in [1.54, 1.807) is 91.1 Å². The molecule has 0 saturated carbocycles. The predicted octanol–water partition coefficient (Wildman–Crippen LogP) is 11.4. The maximum absolute atomic E-state index is 12.6. The second kappa shape index (κ2) is 21.9. The fraction of sp³-hybridized carbons (Fsp3) is 0.372. The first-order valence-electron chi connectivity index (χ1n) is 18.2. The van der Waals surface area contributed by atoms with E-state index in [1.807, 2.05) is 12.1 Å². The van der Waals surface area contributed by atoms with E-state index in [2.05, 4.69) is 18.8 Å². The van der Waals surface area contributed by atoms with E-state index in [-0.39, 0.29) is 0 Å². The summed E-state index contributed by atoms with van der Waals surface area (Å²) < 4.78 is 22.7. The number of carbonyl (C=O) groups is 2. The van der Waals surface area contributed by atoms with Crippen LogP contribution in [0.4, 0.5) is 5.69 Å². The summed E-state index contributed by atoms with van der Waals surface area (Å²) in [5.74, 6) is 1.50. The Morgan fingerprint density at radius 2 is 0.860 bits per heavy atom. The minimum atomic E-state index is -0.436. The molecule has 0 atom stereocenters. The molecule has 0 saturated heterocycles. The topological polar surface area (TPSA) is 83.4 Å². The zero-order chi connectivity index (χ0) is 35.2. The van der Waals surface area contributed by atoms with Crippen molar-refractivity contribution in [2.45, 2.75) is 90.9 Å². The number of ether oxygens (including phenoxy) is 4. The van der Waals surface area contributed by atoms with E-state index in [4.69, 9.17) is 18.9 Å². The Kier molecular flexibility index (Phi) is 16.6. The lowest BCUT2D eigenvalue weighted by Gasteiger charge is -2.08. The lowest BCUT2D eigenvalue weighted by Crippen LogP contribution is -2.08. The van der Waals surface area contributed by atoms with Crippen LogP contribution in [-0.4, -0.2) is 31.4 Å². The van der Waals surface area contributed by atoms with Crippen LogP contribution in [0.5, 0.6) is 23.0 Å². The zero-order valence-electron chi connectivity index (χ0n) is 29.6.